The Kier molecular flexibility index (Phi) is 12.2. The molecule has 2 atom stereocenters. The van der Waals surface area contributed by atoms with E-state index in [2.05, 4.69) is 50.1 Å². The molecule has 2 amide bonds. The van der Waals surface area contributed by atoms with E-state index in [1.165, 1.54) is 12.4 Å². The molecule has 2 N–H and O–H groups in total. The van der Waals surface area contributed by atoms with Crippen molar-refractivity contribution in [3.8, 4) is 44.8 Å². The second-order valence-electron chi connectivity index (χ2n) is 19.3. The van der Waals surface area contributed by atoms with Gasteiger partial charge in [0.1, 0.15) is 32.9 Å². The molecule has 2 unspecified atom stereocenters. The normalized spacial score (nSPS) is 15.7. The summed E-state index contributed by atoms with van der Waals surface area (Å²) in [5.74, 6) is -0.919. The highest BCUT2D eigenvalue weighted by molar-refractivity contribution is 7.09. The molecular formula is C57H46F2N14O2S2. The van der Waals surface area contributed by atoms with Crippen molar-refractivity contribution in [3.63, 3.8) is 0 Å². The molecule has 14 rings (SSSR count). The predicted molar refractivity (Wildman–Crippen MR) is 293 cm³/mol. The number of H-pyrrole nitrogens is 2. The summed E-state index contributed by atoms with van der Waals surface area (Å²) in [6.07, 6.45) is 21.6. The third-order valence-electron chi connectivity index (χ3n) is 14.5. The monoisotopic (exact) mass is 1060 g/mol. The van der Waals surface area contributed by atoms with Crippen LogP contribution in [-0.2, 0) is 14.1 Å². The summed E-state index contributed by atoms with van der Waals surface area (Å²) in [7, 11) is 3.70. The Hall–Kier alpha value is -8.88. The van der Waals surface area contributed by atoms with Gasteiger partial charge < -0.3 is 19.8 Å². The number of rotatable bonds is 8. The van der Waals surface area contributed by atoms with Gasteiger partial charge in [-0.25, -0.2) is 28.7 Å². The van der Waals surface area contributed by atoms with Crippen molar-refractivity contribution >= 4 is 78.4 Å². The van der Waals surface area contributed by atoms with Crippen LogP contribution in [0.5, 0.6) is 0 Å². The summed E-state index contributed by atoms with van der Waals surface area (Å²) in [5, 5.41) is 17.3. The van der Waals surface area contributed by atoms with Crippen molar-refractivity contribution in [1.82, 2.24) is 69.2 Å². The van der Waals surface area contributed by atoms with Gasteiger partial charge in [-0.1, -0.05) is 24.3 Å². The van der Waals surface area contributed by atoms with Crippen molar-refractivity contribution in [1.29, 1.82) is 0 Å². The summed E-state index contributed by atoms with van der Waals surface area (Å²) in [6.45, 7) is 1.40. The fraction of sp³-hybridized carbons (Fsp3) is 0.193. The Labute approximate surface area is 446 Å². The first-order valence-electron chi connectivity index (χ1n) is 25.1. The topological polar surface area (TPSA) is 185 Å². The number of halogens is 2. The van der Waals surface area contributed by atoms with Gasteiger partial charge in [-0.3, -0.25) is 28.9 Å². The molecule has 0 aliphatic carbocycles. The van der Waals surface area contributed by atoms with E-state index in [0.29, 0.717) is 68.5 Å². The average molecular weight is 1060 g/mol. The van der Waals surface area contributed by atoms with Crippen molar-refractivity contribution in [2.45, 2.75) is 44.2 Å². The number of piperidine rings is 1. The maximum atomic E-state index is 15.4. The van der Waals surface area contributed by atoms with Gasteiger partial charge in [-0.05, 0) is 79.6 Å². The van der Waals surface area contributed by atoms with Gasteiger partial charge in [0.2, 0.25) is 0 Å². The minimum atomic E-state index is -0.430. The molecule has 2 aliphatic rings. The fourth-order valence-electron chi connectivity index (χ4n) is 10.8. The molecule has 20 heteroatoms. The first kappa shape index (κ1) is 47.8. The Morgan fingerprint density at radius 3 is 1.43 bits per heavy atom. The lowest BCUT2D eigenvalue weighted by Gasteiger charge is -2.34. The van der Waals surface area contributed by atoms with Crippen LogP contribution < -0.4 is 0 Å². The Morgan fingerprint density at radius 1 is 0.545 bits per heavy atom. The van der Waals surface area contributed by atoms with Gasteiger partial charge in [-0.15, -0.1) is 22.7 Å². The summed E-state index contributed by atoms with van der Waals surface area (Å²) < 4.78 is 34.2. The minimum Gasteiger partial charge on any atom is -0.338 e. The lowest BCUT2D eigenvalue weighted by atomic mass is 9.98. The number of carbonyl (C=O) groups excluding carboxylic acids is 2. The zero-order valence-corrected chi connectivity index (χ0v) is 43.2. The number of benzene rings is 2. The van der Waals surface area contributed by atoms with Crippen LogP contribution in [0, 0.1) is 11.6 Å². The molecule has 2 aromatic carbocycles. The molecule has 2 fully saturated rings. The number of pyridine rings is 4. The van der Waals surface area contributed by atoms with E-state index in [0.717, 1.165) is 86.4 Å². The maximum absolute atomic E-state index is 15.4. The summed E-state index contributed by atoms with van der Waals surface area (Å²) in [5.41, 5.74) is 9.27. The second kappa shape index (κ2) is 19.7. The fourth-order valence-corrected chi connectivity index (χ4v) is 12.4. The lowest BCUT2D eigenvalue weighted by Crippen LogP contribution is -2.38. The molecule has 382 valence electrons. The van der Waals surface area contributed by atoms with Gasteiger partial charge in [0.15, 0.2) is 0 Å². The largest absolute Gasteiger partial charge is 0.338 e. The van der Waals surface area contributed by atoms with E-state index in [1.54, 1.807) is 93.5 Å². The van der Waals surface area contributed by atoms with E-state index >= 15 is 8.78 Å². The molecule has 77 heavy (non-hydrogen) atoms. The van der Waals surface area contributed by atoms with Crippen LogP contribution in [0.4, 0.5) is 8.78 Å². The van der Waals surface area contributed by atoms with Crippen LogP contribution in [0.3, 0.4) is 0 Å². The van der Waals surface area contributed by atoms with Crippen LogP contribution in [0.1, 0.15) is 74.9 Å². The van der Waals surface area contributed by atoms with Crippen molar-refractivity contribution < 1.29 is 18.4 Å². The van der Waals surface area contributed by atoms with Crippen molar-refractivity contribution in [2.24, 2.45) is 14.1 Å². The number of aromatic amines is 2. The highest BCUT2D eigenvalue weighted by atomic mass is 32.1. The van der Waals surface area contributed by atoms with E-state index in [1.807, 2.05) is 83.4 Å². The number of thiazole rings is 2. The Balaban J connectivity index is 0.000000147. The predicted octanol–water partition coefficient (Wildman–Crippen LogP) is 11.9. The van der Waals surface area contributed by atoms with Crippen LogP contribution in [0.25, 0.3) is 88.6 Å². The lowest BCUT2D eigenvalue weighted by molar-refractivity contribution is 0.0611. The molecule has 12 heterocycles. The van der Waals surface area contributed by atoms with Gasteiger partial charge in [0.25, 0.3) is 11.8 Å². The number of aromatic nitrogens is 12. The van der Waals surface area contributed by atoms with Crippen LogP contribution in [0.2, 0.25) is 0 Å². The maximum Gasteiger partial charge on any atom is 0.254 e. The summed E-state index contributed by atoms with van der Waals surface area (Å²) in [4.78, 5) is 63.9. The minimum absolute atomic E-state index is 0.00275. The van der Waals surface area contributed by atoms with Gasteiger partial charge in [0.05, 0.1) is 71.7 Å². The van der Waals surface area contributed by atoms with E-state index in [9.17, 15) is 9.59 Å². The molecule has 10 aromatic heterocycles. The molecule has 16 nitrogen and oxygen atoms in total. The molecule has 0 saturated carbocycles. The standard InChI is InChI=1S/C29H24FN7OS.C28H22FN7OS/c1-36-16-19(13-34-36)22-12-20-23(15-32-22)35-27-26(20)25(21(30)14-33-27)17-5-7-18(8-6-17)29(38)37-10-3-2-4-24(37)28-31-9-11-39-28;1-35-15-18(12-33-35)21-11-19-22(14-31-21)34-26-25(19)24(20(29)13-32-26)16-4-6-17(7-5-16)28(37)36-9-2-3-23(36)27-30-8-10-38-27/h5-9,11-16,24H,2-4,10H2,1H3,(H,33,35);4-8,10-15,23H,2-3,9H2,1H3,(H,32,34). The number of carbonyl (C=O) groups is 2. The van der Waals surface area contributed by atoms with E-state index < -0.39 is 11.6 Å². The number of fused-ring (bicyclic) bond motifs is 6. The molecule has 0 bridgehead atoms. The van der Waals surface area contributed by atoms with Crippen LogP contribution in [-0.4, -0.2) is 94.1 Å². The van der Waals surface area contributed by atoms with E-state index in [4.69, 9.17) is 0 Å². The molecule has 0 spiro atoms. The number of aryl methyl sites for hydroxylation is 2. The smallest absolute Gasteiger partial charge is 0.254 e. The van der Waals surface area contributed by atoms with Gasteiger partial charge in [0, 0.05) is 118 Å². The summed E-state index contributed by atoms with van der Waals surface area (Å²) in [6, 6.07) is 18.2. The zero-order chi connectivity index (χ0) is 52.3. The number of nitrogens with one attached hydrogen (secondary N) is 2. The number of hydrogen-bond donors (Lipinski definition) is 2. The quantitative estimate of drug-likeness (QED) is 0.148. The SMILES string of the molecule is Cn1cc(-c2cc3c(cn2)[nH]c2ncc(F)c(-c4ccc(C(=O)N5CCCC5c5nccs5)cc4)c23)cn1.Cn1cc(-c2cc3c(cn2)[nH]c2ncc(F)c(-c4ccc(C(=O)N5CCCCC5c5nccs5)cc4)c23)cn1. The first-order valence-corrected chi connectivity index (χ1v) is 26.9. The molecule has 0 radical (unpaired) electrons. The molecule has 2 aliphatic heterocycles. The highest BCUT2D eigenvalue weighted by Gasteiger charge is 2.33. The number of nitrogens with zero attached hydrogens (tertiary/aromatic N) is 12. The molecular weight excluding hydrogens is 1010 g/mol. The number of amides is 2. The third kappa shape index (κ3) is 8.77. The summed E-state index contributed by atoms with van der Waals surface area (Å²) >= 11 is 3.16. The first-order chi connectivity index (χ1) is 37.6. The number of hydrogen-bond acceptors (Lipinski definition) is 12. The van der Waals surface area contributed by atoms with Crippen LogP contribution in [0.15, 0.2) is 133 Å². The van der Waals surface area contributed by atoms with Gasteiger partial charge >= 0.3 is 0 Å². The average Bonchev–Trinajstić information content (AvgIpc) is 4.39. The van der Waals surface area contributed by atoms with Gasteiger partial charge in [-0.2, -0.15) is 10.2 Å². The van der Waals surface area contributed by atoms with E-state index in [-0.39, 0.29) is 23.9 Å². The van der Waals surface area contributed by atoms with Crippen LogP contribution >= 0.6 is 22.7 Å². The van der Waals surface area contributed by atoms with Crippen molar-refractivity contribution in [2.75, 3.05) is 13.1 Å². The third-order valence-corrected chi connectivity index (χ3v) is 16.3. The zero-order valence-electron chi connectivity index (χ0n) is 41.6. The Bertz CT molecular complexity index is 4170. The molecule has 2 saturated heterocycles. The number of likely N-dealkylation sites (tertiary alicyclic amines) is 2. The Morgan fingerprint density at radius 2 is 1.00 bits per heavy atom. The highest BCUT2D eigenvalue weighted by Crippen LogP contribution is 2.40. The van der Waals surface area contributed by atoms with Crippen molar-refractivity contribution in [3.05, 3.63) is 166 Å². The molecule has 12 aromatic rings. The second-order valence-corrected chi connectivity index (χ2v) is 21.1.